The zero-order chi connectivity index (χ0) is 11.5. The molecule has 0 aliphatic carbocycles. The maximum absolute atomic E-state index is 4.29. The highest BCUT2D eigenvalue weighted by Crippen LogP contribution is 2.34. The maximum atomic E-state index is 4.29. The first kappa shape index (κ1) is 11.6. The Bertz CT molecular complexity index is 332. The Hall–Kier alpha value is -0.870. The van der Waals surface area contributed by atoms with Crippen molar-refractivity contribution in [2.75, 3.05) is 27.2 Å². The van der Waals surface area contributed by atoms with Crippen LogP contribution in [0.2, 0.25) is 0 Å². The van der Waals surface area contributed by atoms with E-state index in [0.29, 0.717) is 12.0 Å². The fourth-order valence-corrected chi connectivity index (χ4v) is 2.86. The van der Waals surface area contributed by atoms with Gasteiger partial charge in [-0.05, 0) is 45.9 Å². The molecule has 4 heteroatoms. The molecule has 0 saturated carbocycles. The standard InChI is InChI=1S/C12H22N4/c1-13-7-10-5-4-6-15(2)12(10)11-8-14-16(3)9-11/h8-10,12-13H,4-7H2,1-3H3/t10-,12-/m1/s1. The smallest absolute Gasteiger partial charge is 0.0537 e. The van der Waals surface area contributed by atoms with Gasteiger partial charge in [0.05, 0.1) is 6.20 Å². The van der Waals surface area contributed by atoms with Crippen LogP contribution in [0.5, 0.6) is 0 Å². The van der Waals surface area contributed by atoms with Crippen LogP contribution >= 0.6 is 0 Å². The third-order valence-corrected chi connectivity index (χ3v) is 3.54. The second-order valence-corrected chi connectivity index (χ2v) is 4.83. The second kappa shape index (κ2) is 4.97. The van der Waals surface area contributed by atoms with Crippen LogP contribution in [-0.2, 0) is 7.05 Å². The van der Waals surface area contributed by atoms with Gasteiger partial charge in [0.1, 0.15) is 0 Å². The molecule has 16 heavy (non-hydrogen) atoms. The van der Waals surface area contributed by atoms with E-state index in [1.807, 2.05) is 25.0 Å². The van der Waals surface area contributed by atoms with Gasteiger partial charge < -0.3 is 5.32 Å². The summed E-state index contributed by atoms with van der Waals surface area (Å²) >= 11 is 0. The summed E-state index contributed by atoms with van der Waals surface area (Å²) in [4.78, 5) is 2.46. The van der Waals surface area contributed by atoms with Gasteiger partial charge in [-0.1, -0.05) is 0 Å². The Morgan fingerprint density at radius 3 is 2.94 bits per heavy atom. The van der Waals surface area contributed by atoms with Gasteiger partial charge in [0, 0.05) is 24.8 Å². The third kappa shape index (κ3) is 2.28. The van der Waals surface area contributed by atoms with Crippen LogP contribution in [0.1, 0.15) is 24.4 Å². The lowest BCUT2D eigenvalue weighted by atomic mass is 9.86. The van der Waals surface area contributed by atoms with Crippen LogP contribution in [0.4, 0.5) is 0 Å². The first-order chi connectivity index (χ1) is 7.72. The van der Waals surface area contributed by atoms with Gasteiger partial charge in [-0.15, -0.1) is 0 Å². The minimum absolute atomic E-state index is 0.523. The summed E-state index contributed by atoms with van der Waals surface area (Å²) in [7, 11) is 6.24. The first-order valence-electron chi connectivity index (χ1n) is 6.05. The quantitative estimate of drug-likeness (QED) is 0.829. The van der Waals surface area contributed by atoms with Crippen LogP contribution in [0.3, 0.4) is 0 Å². The van der Waals surface area contributed by atoms with Gasteiger partial charge in [0.15, 0.2) is 0 Å². The van der Waals surface area contributed by atoms with Gasteiger partial charge in [-0.3, -0.25) is 9.58 Å². The zero-order valence-corrected chi connectivity index (χ0v) is 10.5. The van der Waals surface area contributed by atoms with Gasteiger partial charge >= 0.3 is 0 Å². The van der Waals surface area contributed by atoms with Crippen molar-refractivity contribution in [3.8, 4) is 0 Å². The molecule has 1 aromatic heterocycles. The lowest BCUT2D eigenvalue weighted by Gasteiger charge is -2.38. The molecule has 1 fully saturated rings. The molecular formula is C12H22N4. The highest BCUT2D eigenvalue weighted by Gasteiger charge is 2.30. The van der Waals surface area contributed by atoms with Crippen LogP contribution < -0.4 is 5.32 Å². The van der Waals surface area contributed by atoms with E-state index in [2.05, 4.69) is 28.6 Å². The molecule has 1 aliphatic rings. The Morgan fingerprint density at radius 1 is 1.50 bits per heavy atom. The van der Waals surface area contributed by atoms with Crippen molar-refractivity contribution >= 4 is 0 Å². The largest absolute Gasteiger partial charge is 0.319 e. The molecule has 4 nitrogen and oxygen atoms in total. The minimum atomic E-state index is 0.523. The number of nitrogens with one attached hydrogen (secondary N) is 1. The van der Waals surface area contributed by atoms with E-state index >= 15 is 0 Å². The number of piperidine rings is 1. The first-order valence-corrected chi connectivity index (χ1v) is 6.05. The number of hydrogen-bond acceptors (Lipinski definition) is 3. The highest BCUT2D eigenvalue weighted by molar-refractivity contribution is 5.13. The van der Waals surface area contributed by atoms with Crippen molar-refractivity contribution in [2.24, 2.45) is 13.0 Å². The normalized spacial score (nSPS) is 27.2. The van der Waals surface area contributed by atoms with Crippen LogP contribution in [-0.4, -0.2) is 41.9 Å². The van der Waals surface area contributed by atoms with E-state index in [1.165, 1.54) is 24.9 Å². The predicted octanol–water partition coefficient (Wildman–Crippen LogP) is 1.02. The topological polar surface area (TPSA) is 33.1 Å². The van der Waals surface area contributed by atoms with E-state index in [-0.39, 0.29) is 0 Å². The molecule has 0 amide bonds. The average Bonchev–Trinajstić information content (AvgIpc) is 2.65. The van der Waals surface area contributed by atoms with E-state index in [4.69, 9.17) is 0 Å². The van der Waals surface area contributed by atoms with Crippen LogP contribution in [0, 0.1) is 5.92 Å². The highest BCUT2D eigenvalue weighted by atomic mass is 15.2. The Morgan fingerprint density at radius 2 is 2.31 bits per heavy atom. The Labute approximate surface area is 97.6 Å². The van der Waals surface area contributed by atoms with E-state index in [0.717, 1.165) is 6.54 Å². The van der Waals surface area contributed by atoms with Crippen LogP contribution in [0.25, 0.3) is 0 Å². The van der Waals surface area contributed by atoms with Crippen molar-refractivity contribution in [3.63, 3.8) is 0 Å². The summed E-state index contributed by atoms with van der Waals surface area (Å²) in [6, 6.07) is 0.523. The molecule has 2 heterocycles. The number of aromatic nitrogens is 2. The molecule has 90 valence electrons. The molecule has 1 aromatic rings. The third-order valence-electron chi connectivity index (χ3n) is 3.54. The number of nitrogens with zero attached hydrogens (tertiary/aromatic N) is 3. The molecule has 1 saturated heterocycles. The monoisotopic (exact) mass is 222 g/mol. The lowest BCUT2D eigenvalue weighted by molar-refractivity contribution is 0.121. The summed E-state index contributed by atoms with van der Waals surface area (Å²) in [5.41, 5.74) is 1.35. The molecule has 0 unspecified atom stereocenters. The Kier molecular flexibility index (Phi) is 3.61. The number of hydrogen-bond donors (Lipinski definition) is 1. The van der Waals surface area contributed by atoms with Crippen molar-refractivity contribution in [1.82, 2.24) is 20.0 Å². The van der Waals surface area contributed by atoms with Gasteiger partial charge in [-0.2, -0.15) is 5.10 Å². The number of rotatable bonds is 3. The molecule has 2 atom stereocenters. The van der Waals surface area contributed by atoms with Gasteiger partial charge in [0.2, 0.25) is 0 Å². The Balaban J connectivity index is 2.18. The molecule has 0 aromatic carbocycles. The average molecular weight is 222 g/mol. The zero-order valence-electron chi connectivity index (χ0n) is 10.5. The number of likely N-dealkylation sites (tertiary alicyclic amines) is 1. The summed E-state index contributed by atoms with van der Waals surface area (Å²) < 4.78 is 1.90. The second-order valence-electron chi connectivity index (χ2n) is 4.83. The molecule has 0 radical (unpaired) electrons. The SMILES string of the molecule is CNC[C@H]1CCCN(C)[C@H]1c1cnn(C)c1. The van der Waals surface area contributed by atoms with Gasteiger partial charge in [0.25, 0.3) is 0 Å². The molecule has 2 rings (SSSR count). The van der Waals surface area contributed by atoms with Crippen molar-refractivity contribution in [3.05, 3.63) is 18.0 Å². The van der Waals surface area contributed by atoms with E-state index < -0.39 is 0 Å². The number of aryl methyl sites for hydroxylation is 1. The summed E-state index contributed by atoms with van der Waals surface area (Å²) in [6.07, 6.45) is 6.77. The van der Waals surface area contributed by atoms with Crippen LogP contribution in [0.15, 0.2) is 12.4 Å². The lowest BCUT2D eigenvalue weighted by Crippen LogP contribution is -2.39. The molecule has 1 aliphatic heterocycles. The summed E-state index contributed by atoms with van der Waals surface area (Å²) in [6.45, 7) is 2.28. The van der Waals surface area contributed by atoms with Gasteiger partial charge in [-0.25, -0.2) is 0 Å². The minimum Gasteiger partial charge on any atom is -0.319 e. The fourth-order valence-electron chi connectivity index (χ4n) is 2.86. The molecule has 1 N–H and O–H groups in total. The van der Waals surface area contributed by atoms with E-state index in [1.54, 1.807) is 0 Å². The fraction of sp³-hybridized carbons (Fsp3) is 0.750. The van der Waals surface area contributed by atoms with Crippen molar-refractivity contribution in [1.29, 1.82) is 0 Å². The molecule has 0 spiro atoms. The summed E-state index contributed by atoms with van der Waals surface area (Å²) in [5.74, 6) is 0.702. The summed E-state index contributed by atoms with van der Waals surface area (Å²) in [5, 5.41) is 7.60. The van der Waals surface area contributed by atoms with Crippen molar-refractivity contribution < 1.29 is 0 Å². The molecule has 0 bridgehead atoms. The predicted molar refractivity (Wildman–Crippen MR) is 65.2 cm³/mol. The maximum Gasteiger partial charge on any atom is 0.0537 e. The molecular weight excluding hydrogens is 200 g/mol. The van der Waals surface area contributed by atoms with Crippen molar-refractivity contribution in [2.45, 2.75) is 18.9 Å². The van der Waals surface area contributed by atoms with E-state index in [9.17, 15) is 0 Å².